The maximum absolute atomic E-state index is 13.0. The Morgan fingerprint density at radius 3 is 2.70 bits per heavy atom. The lowest BCUT2D eigenvalue weighted by molar-refractivity contribution is -0.137. The molecule has 4 heterocycles. The van der Waals surface area contributed by atoms with E-state index in [2.05, 4.69) is 30.6 Å². The molecular formula is C27H29F3N8O2. The minimum atomic E-state index is -4.54. The van der Waals surface area contributed by atoms with Crippen molar-refractivity contribution in [2.75, 3.05) is 42.7 Å². The fraction of sp³-hybridized carbons (Fsp3) is 0.333. The van der Waals surface area contributed by atoms with Gasteiger partial charge in [-0.15, -0.1) is 0 Å². The van der Waals surface area contributed by atoms with Crippen molar-refractivity contribution in [1.29, 1.82) is 0 Å². The van der Waals surface area contributed by atoms with Crippen molar-refractivity contribution in [2.45, 2.75) is 33.0 Å². The number of halogens is 3. The van der Waals surface area contributed by atoms with Crippen molar-refractivity contribution >= 4 is 28.9 Å². The number of amides is 2. The summed E-state index contributed by atoms with van der Waals surface area (Å²) >= 11 is 0. The molecule has 4 N–H and O–H groups in total. The average molecular weight is 555 g/mol. The zero-order chi connectivity index (χ0) is 28.4. The third-order valence-corrected chi connectivity index (χ3v) is 6.90. The largest absolute Gasteiger partial charge is 0.416 e. The van der Waals surface area contributed by atoms with Crippen LogP contribution in [-0.2, 0) is 17.5 Å². The second-order valence-corrected chi connectivity index (χ2v) is 9.63. The molecule has 0 radical (unpaired) electrons. The van der Waals surface area contributed by atoms with Gasteiger partial charge in [0.1, 0.15) is 17.7 Å². The predicted octanol–water partition coefficient (Wildman–Crippen LogP) is 4.88. The van der Waals surface area contributed by atoms with E-state index in [1.807, 2.05) is 30.5 Å². The molecule has 210 valence electrons. The minimum absolute atomic E-state index is 0.212. The molecule has 2 amide bonds. The molecule has 0 spiro atoms. The van der Waals surface area contributed by atoms with Gasteiger partial charge < -0.3 is 15.8 Å². The number of aryl methyl sites for hydroxylation is 1. The van der Waals surface area contributed by atoms with E-state index in [1.165, 1.54) is 6.33 Å². The van der Waals surface area contributed by atoms with Gasteiger partial charge in [0.15, 0.2) is 5.82 Å². The van der Waals surface area contributed by atoms with Crippen LogP contribution in [0.15, 0.2) is 42.9 Å². The molecule has 40 heavy (non-hydrogen) atoms. The van der Waals surface area contributed by atoms with Gasteiger partial charge >= 0.3 is 12.2 Å². The van der Waals surface area contributed by atoms with E-state index < -0.39 is 17.8 Å². The maximum atomic E-state index is 13.0. The number of ether oxygens (including phenoxy) is 1. The minimum Gasteiger partial charge on any atom is -0.382 e. The number of rotatable bonds is 5. The third-order valence-electron chi connectivity index (χ3n) is 6.90. The number of fused-ring (bicyclic) bond motifs is 1. The Hall–Kier alpha value is -4.23. The number of hydrogen-bond donors (Lipinski definition) is 3. The zero-order valence-corrected chi connectivity index (χ0v) is 22.0. The molecule has 1 aromatic carbocycles. The number of benzene rings is 1. The number of nitrogens with zero attached hydrogens (tertiary/aromatic N) is 5. The van der Waals surface area contributed by atoms with Crippen LogP contribution in [0.1, 0.15) is 28.8 Å². The van der Waals surface area contributed by atoms with E-state index in [4.69, 9.17) is 10.5 Å². The second kappa shape index (κ2) is 11.1. The van der Waals surface area contributed by atoms with Gasteiger partial charge in [-0.2, -0.15) is 18.3 Å². The van der Waals surface area contributed by atoms with Crippen molar-refractivity contribution in [1.82, 2.24) is 24.5 Å². The van der Waals surface area contributed by atoms with Gasteiger partial charge in [-0.1, -0.05) is 6.07 Å². The van der Waals surface area contributed by atoms with Gasteiger partial charge in [-0.05, 0) is 61.2 Å². The van der Waals surface area contributed by atoms with E-state index in [1.54, 1.807) is 6.07 Å². The summed E-state index contributed by atoms with van der Waals surface area (Å²) in [6.45, 7) is 7.70. The number of carbonyl (C=O) groups is 1. The molecule has 0 atom stereocenters. The van der Waals surface area contributed by atoms with E-state index in [9.17, 15) is 18.0 Å². The lowest BCUT2D eigenvalue weighted by Crippen LogP contribution is -2.27. The molecule has 5 rings (SSSR count). The first kappa shape index (κ1) is 27.3. The fourth-order valence-electron chi connectivity index (χ4n) is 4.90. The van der Waals surface area contributed by atoms with Gasteiger partial charge in [0.25, 0.3) is 0 Å². The number of pyridine rings is 1. The Labute approximate surface area is 228 Å². The summed E-state index contributed by atoms with van der Waals surface area (Å²) < 4.78 is 46.4. The molecule has 10 nitrogen and oxygen atoms in total. The first-order valence-corrected chi connectivity index (χ1v) is 12.7. The van der Waals surface area contributed by atoms with Crippen LogP contribution in [0.4, 0.5) is 35.3 Å². The van der Waals surface area contributed by atoms with E-state index in [-0.39, 0.29) is 5.82 Å². The number of nitrogens with two attached hydrogens (primary N) is 1. The molecule has 0 bridgehead atoms. The molecule has 4 aromatic rings. The summed E-state index contributed by atoms with van der Waals surface area (Å²) in [5.41, 5.74) is 11.2. The van der Waals surface area contributed by atoms with E-state index >= 15 is 0 Å². The average Bonchev–Trinajstić information content (AvgIpc) is 3.04. The number of nitrogen functional groups attached to an aromatic ring is 1. The number of alkyl halides is 3. The highest BCUT2D eigenvalue weighted by Crippen LogP contribution is 2.37. The molecule has 3 aromatic heterocycles. The standard InChI is InChI=1S/C27H29F3N8O2/c1-16-12-18(4-5-20(16)35-26(39)36-22-13-19(6-7-32-22)27(28,29)30)23-17(2)21(14-37-8-3-10-40-11-9-37)38-24(23)25(31)33-15-34-38/h4-7,12-13,15H,3,8-11,14H2,1-2H3,(H2,31,33,34)(H2,32,35,36,39). The Morgan fingerprint density at radius 2 is 1.93 bits per heavy atom. The van der Waals surface area contributed by atoms with Gasteiger partial charge in [-0.3, -0.25) is 10.2 Å². The summed E-state index contributed by atoms with van der Waals surface area (Å²) in [5, 5.41) is 9.54. The molecule has 1 fully saturated rings. The highest BCUT2D eigenvalue weighted by atomic mass is 19.4. The third kappa shape index (κ3) is 5.70. The topological polar surface area (TPSA) is 123 Å². The molecule has 0 aliphatic carbocycles. The maximum Gasteiger partial charge on any atom is 0.416 e. The molecular weight excluding hydrogens is 525 g/mol. The Balaban J connectivity index is 1.41. The Kier molecular flexibility index (Phi) is 7.59. The van der Waals surface area contributed by atoms with Crippen LogP contribution in [0.3, 0.4) is 0 Å². The molecule has 0 unspecified atom stereocenters. The number of hydrogen-bond acceptors (Lipinski definition) is 7. The van der Waals surface area contributed by atoms with Crippen molar-refractivity contribution in [2.24, 2.45) is 0 Å². The number of aromatic nitrogens is 4. The van der Waals surface area contributed by atoms with Crippen molar-refractivity contribution in [3.63, 3.8) is 0 Å². The lowest BCUT2D eigenvalue weighted by Gasteiger charge is -2.19. The zero-order valence-electron chi connectivity index (χ0n) is 22.0. The summed E-state index contributed by atoms with van der Waals surface area (Å²) in [5.74, 6) is 0.142. The molecule has 1 aliphatic heterocycles. The van der Waals surface area contributed by atoms with Gasteiger partial charge in [0.05, 0.1) is 17.9 Å². The molecule has 0 saturated carbocycles. The van der Waals surface area contributed by atoms with Crippen LogP contribution >= 0.6 is 0 Å². The number of carbonyl (C=O) groups excluding carboxylic acids is 1. The monoisotopic (exact) mass is 554 g/mol. The smallest absolute Gasteiger partial charge is 0.382 e. The summed E-state index contributed by atoms with van der Waals surface area (Å²) in [6, 6.07) is 6.40. The van der Waals surface area contributed by atoms with Crippen LogP contribution in [0.5, 0.6) is 0 Å². The lowest BCUT2D eigenvalue weighted by atomic mass is 9.99. The van der Waals surface area contributed by atoms with Crippen molar-refractivity contribution in [3.05, 3.63) is 65.2 Å². The summed E-state index contributed by atoms with van der Waals surface area (Å²) in [4.78, 5) is 22.9. The van der Waals surface area contributed by atoms with Crippen LogP contribution in [0.25, 0.3) is 16.6 Å². The summed E-state index contributed by atoms with van der Waals surface area (Å²) in [6.07, 6.45) is -1.15. The molecule has 13 heteroatoms. The molecule has 1 saturated heterocycles. The first-order chi connectivity index (χ1) is 19.1. The highest BCUT2D eigenvalue weighted by molar-refractivity contribution is 6.00. The summed E-state index contributed by atoms with van der Waals surface area (Å²) in [7, 11) is 0. The van der Waals surface area contributed by atoms with E-state index in [0.717, 1.165) is 72.4 Å². The van der Waals surface area contributed by atoms with Crippen molar-refractivity contribution in [3.8, 4) is 11.1 Å². The Bertz CT molecular complexity index is 1550. The first-order valence-electron chi connectivity index (χ1n) is 12.7. The SMILES string of the molecule is Cc1cc(-c2c(C)c(CN3CCCOCC3)n3ncnc(N)c23)ccc1NC(=O)Nc1cc(C(F)(F)F)ccn1. The van der Waals surface area contributed by atoms with Crippen molar-refractivity contribution < 1.29 is 22.7 Å². The Morgan fingerprint density at radius 1 is 1.10 bits per heavy atom. The highest BCUT2D eigenvalue weighted by Gasteiger charge is 2.31. The van der Waals surface area contributed by atoms with Crippen LogP contribution in [-0.4, -0.2) is 56.8 Å². The van der Waals surface area contributed by atoms with Crippen LogP contribution < -0.4 is 16.4 Å². The normalized spacial score (nSPS) is 14.7. The molecule has 1 aliphatic rings. The van der Waals surface area contributed by atoms with Crippen LogP contribution in [0, 0.1) is 13.8 Å². The number of nitrogens with one attached hydrogen (secondary N) is 2. The predicted molar refractivity (Wildman–Crippen MR) is 145 cm³/mol. The van der Waals surface area contributed by atoms with Gasteiger partial charge in [0.2, 0.25) is 0 Å². The van der Waals surface area contributed by atoms with Crippen LogP contribution in [0.2, 0.25) is 0 Å². The number of urea groups is 1. The van der Waals surface area contributed by atoms with E-state index in [0.29, 0.717) is 30.2 Å². The second-order valence-electron chi connectivity index (χ2n) is 9.63. The quantitative estimate of drug-likeness (QED) is 0.322. The number of anilines is 3. The fourth-order valence-corrected chi connectivity index (χ4v) is 4.90. The van der Waals surface area contributed by atoms with Gasteiger partial charge in [-0.25, -0.2) is 19.3 Å². The van der Waals surface area contributed by atoms with Gasteiger partial charge in [0, 0.05) is 43.7 Å².